The fourth-order valence-electron chi connectivity index (χ4n) is 1.37. The summed E-state index contributed by atoms with van der Waals surface area (Å²) in [5.74, 6) is 4.48. The van der Waals surface area contributed by atoms with Gasteiger partial charge in [0.25, 0.3) is 0 Å². The minimum atomic E-state index is -0.262. The third kappa shape index (κ3) is 1.55. The van der Waals surface area contributed by atoms with Gasteiger partial charge in [-0.15, -0.1) is 0 Å². The number of nitrogens with zero attached hydrogens (tertiary/aromatic N) is 1. The molecule has 1 saturated heterocycles. The molecule has 0 saturated carbocycles. The summed E-state index contributed by atoms with van der Waals surface area (Å²) in [6.45, 7) is 3.05. The standard InChI is InChI=1S/C7H13N3O2/c1-2-10-4-5(3-6(10)11)7(12)9-8/h5H,2-4,8H2,1H3,(H,9,12)/t5-/m1/s1. The van der Waals surface area contributed by atoms with Crippen molar-refractivity contribution in [2.45, 2.75) is 13.3 Å². The summed E-state index contributed by atoms with van der Waals surface area (Å²) in [5.41, 5.74) is 2.05. The van der Waals surface area contributed by atoms with E-state index in [9.17, 15) is 9.59 Å². The van der Waals surface area contributed by atoms with Crippen LogP contribution in [0.15, 0.2) is 0 Å². The van der Waals surface area contributed by atoms with Crippen molar-refractivity contribution in [1.82, 2.24) is 10.3 Å². The number of hydrogen-bond donors (Lipinski definition) is 2. The first kappa shape index (κ1) is 8.99. The molecule has 0 aromatic rings. The van der Waals surface area contributed by atoms with Crippen molar-refractivity contribution >= 4 is 11.8 Å². The summed E-state index contributed by atoms with van der Waals surface area (Å²) >= 11 is 0. The molecule has 0 aliphatic carbocycles. The van der Waals surface area contributed by atoms with Gasteiger partial charge in [0.05, 0.1) is 5.92 Å². The number of carbonyl (C=O) groups excluding carboxylic acids is 2. The topological polar surface area (TPSA) is 75.4 Å². The number of nitrogens with two attached hydrogens (primary N) is 1. The fraction of sp³-hybridized carbons (Fsp3) is 0.714. The van der Waals surface area contributed by atoms with E-state index >= 15 is 0 Å². The van der Waals surface area contributed by atoms with E-state index in [1.54, 1.807) is 4.90 Å². The predicted molar refractivity (Wildman–Crippen MR) is 42.7 cm³/mol. The molecular formula is C7H13N3O2. The summed E-state index contributed by atoms with van der Waals surface area (Å²) < 4.78 is 0. The predicted octanol–water partition coefficient (Wildman–Crippen LogP) is -1.16. The number of nitrogens with one attached hydrogen (secondary N) is 1. The molecule has 0 aromatic heterocycles. The highest BCUT2D eigenvalue weighted by Gasteiger charge is 2.32. The van der Waals surface area contributed by atoms with E-state index in [-0.39, 0.29) is 24.2 Å². The zero-order valence-corrected chi connectivity index (χ0v) is 7.04. The van der Waals surface area contributed by atoms with Crippen LogP contribution >= 0.6 is 0 Å². The van der Waals surface area contributed by atoms with Gasteiger partial charge in [0.2, 0.25) is 11.8 Å². The molecule has 3 N–H and O–H groups in total. The Labute approximate surface area is 70.9 Å². The molecule has 1 aliphatic rings. The highest BCUT2D eigenvalue weighted by molar-refractivity contribution is 5.88. The first-order chi connectivity index (χ1) is 5.69. The molecule has 1 aliphatic heterocycles. The summed E-state index contributed by atoms with van der Waals surface area (Å²) in [6, 6.07) is 0. The second kappa shape index (κ2) is 3.53. The Hall–Kier alpha value is -1.10. The average molecular weight is 171 g/mol. The SMILES string of the molecule is CCN1C[C@H](C(=O)NN)CC1=O. The quantitative estimate of drug-likeness (QED) is 0.313. The third-order valence-electron chi connectivity index (χ3n) is 2.11. The number of amides is 2. The second-order valence-electron chi connectivity index (χ2n) is 2.84. The number of rotatable bonds is 2. The van der Waals surface area contributed by atoms with Gasteiger partial charge in [-0.25, -0.2) is 5.84 Å². The maximum Gasteiger partial charge on any atom is 0.239 e. The van der Waals surface area contributed by atoms with E-state index in [4.69, 9.17) is 5.84 Å². The average Bonchev–Trinajstić information content (AvgIpc) is 2.45. The van der Waals surface area contributed by atoms with Crippen LogP contribution in [0.1, 0.15) is 13.3 Å². The van der Waals surface area contributed by atoms with E-state index < -0.39 is 0 Å². The number of likely N-dealkylation sites (tertiary alicyclic amines) is 1. The van der Waals surface area contributed by atoms with Crippen LogP contribution in [0.5, 0.6) is 0 Å². The molecular weight excluding hydrogens is 158 g/mol. The molecule has 0 bridgehead atoms. The third-order valence-corrected chi connectivity index (χ3v) is 2.11. The Morgan fingerprint density at radius 1 is 1.83 bits per heavy atom. The van der Waals surface area contributed by atoms with Crippen molar-refractivity contribution in [3.63, 3.8) is 0 Å². The molecule has 5 nitrogen and oxygen atoms in total. The van der Waals surface area contributed by atoms with Gasteiger partial charge in [0, 0.05) is 19.5 Å². The van der Waals surface area contributed by atoms with Crippen LogP contribution in [0, 0.1) is 5.92 Å². The molecule has 0 radical (unpaired) electrons. The van der Waals surface area contributed by atoms with E-state index in [2.05, 4.69) is 5.43 Å². The van der Waals surface area contributed by atoms with Crippen molar-refractivity contribution in [3.05, 3.63) is 0 Å². The van der Waals surface area contributed by atoms with Crippen molar-refractivity contribution in [2.75, 3.05) is 13.1 Å². The van der Waals surface area contributed by atoms with Gasteiger partial charge in [0.15, 0.2) is 0 Å². The van der Waals surface area contributed by atoms with Gasteiger partial charge < -0.3 is 4.90 Å². The second-order valence-corrected chi connectivity index (χ2v) is 2.84. The van der Waals surface area contributed by atoms with Gasteiger partial charge in [-0.3, -0.25) is 15.0 Å². The van der Waals surface area contributed by atoms with E-state index in [0.717, 1.165) is 0 Å². The number of hydrazine groups is 1. The molecule has 12 heavy (non-hydrogen) atoms. The van der Waals surface area contributed by atoms with Crippen LogP contribution in [0.25, 0.3) is 0 Å². The van der Waals surface area contributed by atoms with E-state index in [1.165, 1.54) is 0 Å². The minimum absolute atomic E-state index is 0.0334. The molecule has 2 amide bonds. The zero-order chi connectivity index (χ0) is 9.14. The van der Waals surface area contributed by atoms with Gasteiger partial charge in [-0.05, 0) is 6.92 Å². The highest BCUT2D eigenvalue weighted by Crippen LogP contribution is 2.16. The molecule has 68 valence electrons. The zero-order valence-electron chi connectivity index (χ0n) is 7.04. The summed E-state index contributed by atoms with van der Waals surface area (Å²) in [7, 11) is 0. The van der Waals surface area contributed by atoms with Gasteiger partial charge in [-0.2, -0.15) is 0 Å². The number of carbonyl (C=O) groups is 2. The lowest BCUT2D eigenvalue weighted by atomic mass is 10.1. The molecule has 0 aromatic carbocycles. The molecule has 1 rings (SSSR count). The maximum absolute atomic E-state index is 11.1. The largest absolute Gasteiger partial charge is 0.342 e. The van der Waals surface area contributed by atoms with Crippen molar-refractivity contribution in [2.24, 2.45) is 11.8 Å². The highest BCUT2D eigenvalue weighted by atomic mass is 16.2. The van der Waals surface area contributed by atoms with Crippen LogP contribution in [0.4, 0.5) is 0 Å². The molecule has 0 unspecified atom stereocenters. The Bertz CT molecular complexity index is 203. The smallest absolute Gasteiger partial charge is 0.239 e. The van der Waals surface area contributed by atoms with E-state index in [0.29, 0.717) is 13.1 Å². The van der Waals surface area contributed by atoms with Crippen molar-refractivity contribution in [1.29, 1.82) is 0 Å². The lowest BCUT2D eigenvalue weighted by Gasteiger charge is -2.12. The van der Waals surface area contributed by atoms with Crippen LogP contribution in [0.2, 0.25) is 0 Å². The Morgan fingerprint density at radius 3 is 2.92 bits per heavy atom. The monoisotopic (exact) mass is 171 g/mol. The summed E-state index contributed by atoms with van der Waals surface area (Å²) in [5, 5.41) is 0. The molecule has 5 heteroatoms. The van der Waals surface area contributed by atoms with Gasteiger partial charge >= 0.3 is 0 Å². The van der Waals surface area contributed by atoms with Crippen molar-refractivity contribution in [3.8, 4) is 0 Å². The lowest BCUT2D eigenvalue weighted by molar-refractivity contribution is -0.128. The Balaban J connectivity index is 2.54. The van der Waals surface area contributed by atoms with E-state index in [1.807, 2.05) is 6.92 Å². The Kier molecular flexibility index (Phi) is 2.65. The molecule has 1 heterocycles. The van der Waals surface area contributed by atoms with Gasteiger partial charge in [0.1, 0.15) is 0 Å². The van der Waals surface area contributed by atoms with Crippen LogP contribution in [-0.2, 0) is 9.59 Å². The normalized spacial score (nSPS) is 23.0. The summed E-state index contributed by atoms with van der Waals surface area (Å²) in [4.78, 5) is 23.8. The molecule has 1 fully saturated rings. The van der Waals surface area contributed by atoms with Gasteiger partial charge in [-0.1, -0.05) is 0 Å². The van der Waals surface area contributed by atoms with Crippen molar-refractivity contribution < 1.29 is 9.59 Å². The summed E-state index contributed by atoms with van der Waals surface area (Å²) in [6.07, 6.45) is 0.289. The maximum atomic E-state index is 11.1. The Morgan fingerprint density at radius 2 is 2.50 bits per heavy atom. The minimum Gasteiger partial charge on any atom is -0.342 e. The van der Waals surface area contributed by atoms with Crippen LogP contribution < -0.4 is 11.3 Å². The molecule has 0 spiro atoms. The lowest BCUT2D eigenvalue weighted by Crippen LogP contribution is -2.37. The fourth-order valence-corrected chi connectivity index (χ4v) is 1.37. The first-order valence-electron chi connectivity index (χ1n) is 3.97. The van der Waals surface area contributed by atoms with Crippen LogP contribution in [0.3, 0.4) is 0 Å². The first-order valence-corrected chi connectivity index (χ1v) is 3.97. The number of hydrogen-bond acceptors (Lipinski definition) is 3. The van der Waals surface area contributed by atoms with Crippen LogP contribution in [-0.4, -0.2) is 29.8 Å². The molecule has 1 atom stereocenters.